The first-order valence-electron chi connectivity index (χ1n) is 24.8. The zero-order valence-corrected chi connectivity index (χ0v) is 50.5. The molecule has 0 spiro atoms. The number of rotatable bonds is 27. The number of hydroxylamine groups is 2. The summed E-state index contributed by atoms with van der Waals surface area (Å²) in [4.78, 5) is 61.3. The van der Waals surface area contributed by atoms with Gasteiger partial charge in [-0.25, -0.2) is 9.86 Å². The zero-order valence-electron chi connectivity index (χ0n) is 47.5. The highest BCUT2D eigenvalue weighted by atomic mass is 28.4. The van der Waals surface area contributed by atoms with Crippen molar-refractivity contribution in [3.63, 3.8) is 0 Å². The van der Waals surface area contributed by atoms with Crippen molar-refractivity contribution in [1.82, 2.24) is 9.96 Å². The van der Waals surface area contributed by atoms with Crippen LogP contribution in [0.3, 0.4) is 0 Å². The van der Waals surface area contributed by atoms with E-state index in [0.29, 0.717) is 6.54 Å². The molecule has 13 nitrogen and oxygen atoms in total. The normalized spacial score (nSPS) is 18.9. The van der Waals surface area contributed by atoms with Crippen LogP contribution in [0.15, 0.2) is 37.0 Å². The minimum Gasteiger partial charge on any atom is -0.445 e. The summed E-state index contributed by atoms with van der Waals surface area (Å²) >= 11 is 0. The highest BCUT2D eigenvalue weighted by Gasteiger charge is 2.48. The molecule has 0 saturated heterocycles. The summed E-state index contributed by atoms with van der Waals surface area (Å²) in [5, 5.41) is 12.1. The van der Waals surface area contributed by atoms with Crippen LogP contribution < -0.4 is 5.73 Å². The third-order valence-electron chi connectivity index (χ3n) is 15.5. The van der Waals surface area contributed by atoms with E-state index in [1.54, 1.807) is 51.1 Å². The molecule has 0 aliphatic heterocycles. The molecule has 0 saturated carbocycles. The third-order valence-corrected chi connectivity index (χ3v) is 28.9. The van der Waals surface area contributed by atoms with Crippen LogP contribution in [0.4, 0.5) is 4.79 Å². The quantitative estimate of drug-likeness (QED) is 0.0350. The van der Waals surface area contributed by atoms with Crippen molar-refractivity contribution in [3.05, 3.63) is 37.0 Å². The Hall–Kier alpha value is -2.45. The number of aliphatic hydroxyl groups excluding tert-OH is 1. The van der Waals surface area contributed by atoms with Crippen molar-refractivity contribution < 1.29 is 47.1 Å². The smallest absolute Gasteiger partial charge is 0.404 e. The predicted octanol–water partition coefficient (Wildman–Crippen LogP) is 11.2. The van der Waals surface area contributed by atoms with E-state index in [2.05, 4.69) is 115 Å². The van der Waals surface area contributed by atoms with E-state index < -0.39 is 79.1 Å². The van der Waals surface area contributed by atoms with Crippen molar-refractivity contribution in [2.24, 2.45) is 47.2 Å². The molecule has 0 aliphatic rings. The summed E-state index contributed by atoms with van der Waals surface area (Å²) in [6.07, 6.45) is 4.45. The first kappa shape index (κ1) is 65.6. The lowest BCUT2D eigenvalue weighted by atomic mass is 9.83. The van der Waals surface area contributed by atoms with Gasteiger partial charge in [-0.1, -0.05) is 148 Å². The number of carbonyl (C=O) groups excluding carboxylic acids is 4. The molecule has 0 heterocycles. The van der Waals surface area contributed by atoms with E-state index in [-0.39, 0.29) is 63.0 Å². The van der Waals surface area contributed by atoms with Gasteiger partial charge in [-0.15, -0.1) is 0 Å². The van der Waals surface area contributed by atoms with Gasteiger partial charge in [0.25, 0.3) is 5.91 Å². The van der Waals surface area contributed by atoms with Crippen LogP contribution in [-0.4, -0.2) is 122 Å². The summed E-state index contributed by atoms with van der Waals surface area (Å²) in [6.45, 7) is 49.9. The van der Waals surface area contributed by atoms with Crippen molar-refractivity contribution in [1.29, 1.82) is 0 Å². The molecule has 0 rings (SSSR count). The van der Waals surface area contributed by atoms with Crippen LogP contribution in [0, 0.1) is 41.4 Å². The molecular formula is C52H101N3O10Si3. The number of nitrogens with zero attached hydrogens (tertiary/aromatic N) is 2. The second-order valence-corrected chi connectivity index (χ2v) is 38.6. The number of hydrogen-bond acceptors (Lipinski definition) is 10. The summed E-state index contributed by atoms with van der Waals surface area (Å²) in [6, 6.07) is 0. The predicted molar refractivity (Wildman–Crippen MR) is 286 cm³/mol. The molecule has 0 aliphatic carbocycles. The molecule has 0 aromatic carbocycles. The van der Waals surface area contributed by atoms with Gasteiger partial charge in [0.05, 0.1) is 43.4 Å². The highest BCUT2D eigenvalue weighted by Crippen LogP contribution is 2.43. The molecule has 3 N–H and O–H groups in total. The number of ketones is 1. The van der Waals surface area contributed by atoms with Crippen LogP contribution >= 0.6 is 0 Å². The van der Waals surface area contributed by atoms with E-state index in [4.69, 9.17) is 28.6 Å². The molecule has 12 atom stereocenters. The van der Waals surface area contributed by atoms with Crippen molar-refractivity contribution in [3.8, 4) is 0 Å². The van der Waals surface area contributed by atoms with E-state index >= 15 is 0 Å². The lowest BCUT2D eigenvalue weighted by Crippen LogP contribution is -2.54. The number of carbonyl (C=O) groups is 4. The SMILES string of the molecule is C=C/C=C\[C@H](C)[C@H](OC(N)=O)[C@@H](C)[C@H](O[Si](C)(C)C(C)(C)C)[C@@H](C)C(=O)N(C)C[C@H](C)[C@@H](O[Si](C)(C)C(C)(C)C)C(C)/C=C\[C@@H](O)CC(=O)[C@H](C)[C@H](O[Si](C)(C)C(C)(C)C)[C@@H](C)C(=O)N(C)OC. The maximum atomic E-state index is 14.7. The molecule has 0 aromatic heterocycles. The average molecular weight is 1010 g/mol. The Morgan fingerprint density at radius 1 is 0.632 bits per heavy atom. The summed E-state index contributed by atoms with van der Waals surface area (Å²) < 4.78 is 26.8. The zero-order chi connectivity index (χ0) is 53.9. The van der Waals surface area contributed by atoms with Gasteiger partial charge < -0.3 is 33.8 Å². The summed E-state index contributed by atoms with van der Waals surface area (Å²) in [7, 11) is -2.51. The van der Waals surface area contributed by atoms with Crippen LogP contribution in [0.5, 0.6) is 0 Å². The number of nitrogens with two attached hydrogens (primary N) is 1. The summed E-state index contributed by atoms with van der Waals surface area (Å²) in [5.41, 5.74) is 5.63. The van der Waals surface area contributed by atoms with Crippen LogP contribution in [0.2, 0.25) is 54.4 Å². The fourth-order valence-corrected chi connectivity index (χ4v) is 12.0. The van der Waals surface area contributed by atoms with Gasteiger partial charge in [-0.2, -0.15) is 0 Å². The van der Waals surface area contributed by atoms with Crippen LogP contribution in [0.25, 0.3) is 0 Å². The molecule has 0 aromatic rings. The summed E-state index contributed by atoms with van der Waals surface area (Å²) in [5.74, 6) is -3.64. The van der Waals surface area contributed by atoms with E-state index in [9.17, 15) is 24.3 Å². The standard InChI is InChI=1S/C52H101N3O10Si3/c1-27-28-29-34(2)44(62-49(53)60)38(6)46(65-68(25,26)52(15,16)17)39(7)47(58)54(18)33-36(4)43(63-66(21,22)50(9,10)11)35(3)30-31-41(56)32-42(57)37(5)45(40(8)48(59)55(19)61-20)64-67(23,24)51(12,13)14/h27-31,34-41,43-46,56H,1,32-33H2,2-26H3,(H2,53,60)/b29-28-,31-30-/t34-,35?,36-,37-,38+,39+,40+,41+,43-,44-,45-,46-/m0/s1. The Labute approximate surface area is 418 Å². The second-order valence-electron chi connectivity index (χ2n) is 24.3. The van der Waals surface area contributed by atoms with Gasteiger partial charge in [0.2, 0.25) is 5.91 Å². The van der Waals surface area contributed by atoms with Crippen LogP contribution in [0.1, 0.15) is 117 Å². The average Bonchev–Trinajstić information content (AvgIpc) is 3.20. The number of aliphatic hydroxyl groups is 1. The van der Waals surface area contributed by atoms with Crippen molar-refractivity contribution in [2.45, 2.75) is 202 Å². The lowest BCUT2D eigenvalue weighted by Gasteiger charge is -2.45. The number of Topliss-reactive ketones (excluding diaryl/α,β-unsaturated/α-hetero) is 1. The topological polar surface area (TPSA) is 167 Å². The number of primary amides is 1. The van der Waals surface area contributed by atoms with E-state index in [0.717, 1.165) is 5.06 Å². The van der Waals surface area contributed by atoms with E-state index in [1.165, 1.54) is 7.11 Å². The largest absolute Gasteiger partial charge is 0.445 e. The molecule has 68 heavy (non-hydrogen) atoms. The molecule has 0 bridgehead atoms. The maximum Gasteiger partial charge on any atom is 0.404 e. The van der Waals surface area contributed by atoms with Gasteiger partial charge in [-0.05, 0) is 66.2 Å². The number of ether oxygens (including phenoxy) is 1. The van der Waals surface area contributed by atoms with Gasteiger partial charge in [0.15, 0.2) is 25.0 Å². The molecule has 16 heteroatoms. The van der Waals surface area contributed by atoms with Gasteiger partial charge in [0, 0.05) is 44.8 Å². The van der Waals surface area contributed by atoms with Gasteiger partial charge in [-0.3, -0.25) is 19.2 Å². The Kier molecular flexibility index (Phi) is 25.4. The van der Waals surface area contributed by atoms with E-state index in [1.807, 2.05) is 39.8 Å². The highest BCUT2D eigenvalue weighted by molar-refractivity contribution is 6.75. The fourth-order valence-electron chi connectivity index (χ4n) is 7.66. The van der Waals surface area contributed by atoms with Crippen molar-refractivity contribution >= 4 is 48.6 Å². The lowest BCUT2D eigenvalue weighted by molar-refractivity contribution is -0.177. The Morgan fingerprint density at radius 3 is 1.46 bits per heavy atom. The van der Waals surface area contributed by atoms with Gasteiger partial charge in [0.1, 0.15) is 11.9 Å². The monoisotopic (exact) mass is 1010 g/mol. The first-order valence-corrected chi connectivity index (χ1v) is 33.5. The molecule has 396 valence electrons. The Bertz CT molecular complexity index is 1700. The first-order chi connectivity index (χ1) is 30.5. The molecule has 3 amide bonds. The fraction of sp³-hybridized carbons (Fsp3) is 0.808. The minimum atomic E-state index is -2.47. The molecule has 0 radical (unpaired) electrons. The Balaban J connectivity index is 6.92. The van der Waals surface area contributed by atoms with Gasteiger partial charge >= 0.3 is 6.09 Å². The molecule has 0 fully saturated rings. The second kappa shape index (κ2) is 26.3. The number of allylic oxidation sites excluding steroid dienone is 2. The Morgan fingerprint density at radius 2 is 1.04 bits per heavy atom. The van der Waals surface area contributed by atoms with Crippen LogP contribution in [-0.2, 0) is 37.2 Å². The minimum absolute atomic E-state index is 0.113. The number of amides is 3. The number of hydrogen-bond donors (Lipinski definition) is 2. The maximum absolute atomic E-state index is 14.7. The molecule has 1 unspecified atom stereocenters. The molecular weight excluding hydrogens is 911 g/mol. The third kappa shape index (κ3) is 18.9. The van der Waals surface area contributed by atoms with Crippen molar-refractivity contribution in [2.75, 3.05) is 27.7 Å².